The van der Waals surface area contributed by atoms with Gasteiger partial charge in [-0.05, 0) is 11.0 Å². The van der Waals surface area contributed by atoms with Crippen LogP contribution in [-0.2, 0) is 4.57 Å². The number of nitrogens with two attached hydrogens (primary N) is 1. The van der Waals surface area contributed by atoms with Crippen molar-refractivity contribution in [2.75, 3.05) is 6.16 Å². The molecule has 0 saturated heterocycles. The van der Waals surface area contributed by atoms with Crippen LogP contribution >= 0.6 is 8.03 Å². The Morgan fingerprint density at radius 1 is 2.00 bits per heavy atom. The van der Waals surface area contributed by atoms with Crippen molar-refractivity contribution in [1.29, 1.82) is 0 Å². The zero-order valence-corrected chi connectivity index (χ0v) is 6.55. The lowest BCUT2D eigenvalue weighted by Gasteiger charge is -1.97. The summed E-state index contributed by atoms with van der Waals surface area (Å²) in [5.74, 6) is 0.249. The Morgan fingerprint density at radius 2 is 2.60 bits per heavy atom. The summed E-state index contributed by atoms with van der Waals surface area (Å²) in [4.78, 5) is 8.54. The minimum absolute atomic E-state index is 0.207. The van der Waals surface area contributed by atoms with Crippen molar-refractivity contribution in [2.45, 2.75) is 12.0 Å². The van der Waals surface area contributed by atoms with Gasteiger partial charge in [-0.3, -0.25) is 0 Å². The summed E-state index contributed by atoms with van der Waals surface area (Å²) < 4.78 is 10.4. The maximum atomic E-state index is 10.4. The van der Waals surface area contributed by atoms with Crippen molar-refractivity contribution < 1.29 is 9.46 Å². The molecular weight excluding hydrogens is 149 g/mol. The van der Waals surface area contributed by atoms with Gasteiger partial charge in [-0.1, -0.05) is 6.08 Å². The van der Waals surface area contributed by atoms with Gasteiger partial charge >= 0.3 is 8.03 Å². The van der Waals surface area contributed by atoms with Gasteiger partial charge in [0.15, 0.2) is 6.16 Å². The van der Waals surface area contributed by atoms with E-state index in [1.807, 2.05) is 0 Å². The first-order valence-electron chi connectivity index (χ1n) is 3.13. The first-order valence-corrected chi connectivity index (χ1v) is 4.53. The van der Waals surface area contributed by atoms with Crippen molar-refractivity contribution in [3.8, 4) is 0 Å². The van der Waals surface area contributed by atoms with E-state index in [1.165, 1.54) is 0 Å². The second-order valence-corrected chi connectivity index (χ2v) is 3.81. The maximum Gasteiger partial charge on any atom is 0.507 e. The van der Waals surface area contributed by atoms with Crippen LogP contribution in [0.2, 0.25) is 0 Å². The summed E-state index contributed by atoms with van der Waals surface area (Å²) in [7, 11) is -2.08. The average Bonchev–Trinajstić information content (AvgIpc) is 2.39. The van der Waals surface area contributed by atoms with Gasteiger partial charge in [0.2, 0.25) is 0 Å². The van der Waals surface area contributed by atoms with E-state index in [2.05, 4.69) is 6.58 Å². The average molecular weight is 160 g/mol. The van der Waals surface area contributed by atoms with Gasteiger partial charge in [0.25, 0.3) is 0 Å². The van der Waals surface area contributed by atoms with E-state index in [0.29, 0.717) is 0 Å². The third-order valence-corrected chi connectivity index (χ3v) is 2.75. The summed E-state index contributed by atoms with van der Waals surface area (Å²) >= 11 is 0. The van der Waals surface area contributed by atoms with Crippen LogP contribution in [0.25, 0.3) is 0 Å². The SMILES string of the molecule is C=C[C@H]1C[C@@]1(N)C[P+](=O)O. The quantitative estimate of drug-likeness (QED) is 0.470. The van der Waals surface area contributed by atoms with Gasteiger partial charge < -0.3 is 5.73 Å². The summed E-state index contributed by atoms with van der Waals surface area (Å²) in [5, 5.41) is 0. The minimum Gasteiger partial charge on any atom is -0.321 e. The van der Waals surface area contributed by atoms with Crippen LogP contribution < -0.4 is 5.73 Å². The molecule has 0 aliphatic heterocycles. The van der Waals surface area contributed by atoms with Crippen molar-refractivity contribution in [2.24, 2.45) is 11.7 Å². The largest absolute Gasteiger partial charge is 0.507 e. The molecule has 0 heterocycles. The standard InChI is InChI=1S/C6H10NO2P/c1-2-5-3-6(5,7)4-10(8)9/h2,5H,1,3-4,7H2/p+1/t5-,6+/m0/s1. The molecule has 1 fully saturated rings. The first kappa shape index (κ1) is 7.86. The van der Waals surface area contributed by atoms with E-state index in [4.69, 9.17) is 10.6 Å². The normalized spacial score (nSPS) is 39.0. The number of hydrogen-bond donors (Lipinski definition) is 2. The first-order chi connectivity index (χ1) is 4.58. The lowest BCUT2D eigenvalue weighted by Crippen LogP contribution is -2.27. The van der Waals surface area contributed by atoms with Gasteiger partial charge in [-0.25, -0.2) is 0 Å². The van der Waals surface area contributed by atoms with Gasteiger partial charge in [-0.15, -0.1) is 6.58 Å². The van der Waals surface area contributed by atoms with E-state index >= 15 is 0 Å². The highest BCUT2D eigenvalue weighted by Gasteiger charge is 2.54. The van der Waals surface area contributed by atoms with E-state index < -0.39 is 13.6 Å². The predicted molar refractivity (Wildman–Crippen MR) is 39.9 cm³/mol. The summed E-state index contributed by atoms with van der Waals surface area (Å²) in [5.41, 5.74) is 5.27. The van der Waals surface area contributed by atoms with Crippen LogP contribution in [0.4, 0.5) is 0 Å². The molecule has 3 N–H and O–H groups in total. The Morgan fingerprint density at radius 3 is 2.90 bits per heavy atom. The Kier molecular flexibility index (Phi) is 1.90. The molecular formula is C6H11NO2P+. The molecule has 56 valence electrons. The van der Waals surface area contributed by atoms with Gasteiger partial charge in [-0.2, -0.15) is 4.89 Å². The molecule has 0 spiro atoms. The van der Waals surface area contributed by atoms with Crippen molar-refractivity contribution in [3.63, 3.8) is 0 Å². The highest BCUT2D eigenvalue weighted by Crippen LogP contribution is 2.45. The van der Waals surface area contributed by atoms with E-state index in [1.54, 1.807) is 6.08 Å². The molecule has 10 heavy (non-hydrogen) atoms. The number of hydrogen-bond acceptors (Lipinski definition) is 2. The fraction of sp³-hybridized carbons (Fsp3) is 0.667. The van der Waals surface area contributed by atoms with E-state index in [0.717, 1.165) is 6.42 Å². The molecule has 1 aliphatic carbocycles. The van der Waals surface area contributed by atoms with Gasteiger partial charge in [0, 0.05) is 5.92 Å². The molecule has 1 saturated carbocycles. The third kappa shape index (κ3) is 1.43. The highest BCUT2D eigenvalue weighted by molar-refractivity contribution is 7.38. The molecule has 1 aliphatic rings. The second kappa shape index (κ2) is 2.42. The van der Waals surface area contributed by atoms with Crippen LogP contribution in [0.5, 0.6) is 0 Å². The zero-order chi connectivity index (χ0) is 7.78. The predicted octanol–water partition coefficient (Wildman–Crippen LogP) is 0.625. The molecule has 0 amide bonds. The van der Waals surface area contributed by atoms with Crippen LogP contribution in [0.3, 0.4) is 0 Å². The molecule has 0 radical (unpaired) electrons. The summed E-state index contributed by atoms with van der Waals surface area (Å²) in [6.07, 6.45) is 2.76. The molecule has 3 atom stereocenters. The molecule has 0 aromatic heterocycles. The monoisotopic (exact) mass is 160 g/mol. The van der Waals surface area contributed by atoms with Crippen LogP contribution in [0.15, 0.2) is 12.7 Å². The van der Waals surface area contributed by atoms with Crippen LogP contribution in [-0.4, -0.2) is 16.6 Å². The topological polar surface area (TPSA) is 63.3 Å². The second-order valence-electron chi connectivity index (χ2n) is 2.79. The fourth-order valence-corrected chi connectivity index (χ4v) is 1.97. The van der Waals surface area contributed by atoms with Crippen molar-refractivity contribution >= 4 is 8.03 Å². The summed E-state index contributed by atoms with van der Waals surface area (Å²) in [6, 6.07) is 0. The smallest absolute Gasteiger partial charge is 0.321 e. The molecule has 4 heteroatoms. The summed E-state index contributed by atoms with van der Waals surface area (Å²) in [6.45, 7) is 3.57. The maximum absolute atomic E-state index is 10.4. The molecule has 0 bridgehead atoms. The Bertz CT molecular complexity index is 183. The third-order valence-electron chi connectivity index (χ3n) is 1.89. The zero-order valence-electron chi connectivity index (χ0n) is 5.66. The Balaban J connectivity index is 2.43. The molecule has 1 unspecified atom stereocenters. The lowest BCUT2D eigenvalue weighted by atomic mass is 10.2. The van der Waals surface area contributed by atoms with E-state index in [9.17, 15) is 4.57 Å². The van der Waals surface area contributed by atoms with Gasteiger partial charge in [0.1, 0.15) is 0 Å². The van der Waals surface area contributed by atoms with Crippen LogP contribution in [0, 0.1) is 5.92 Å². The molecule has 0 aromatic rings. The minimum atomic E-state index is -2.08. The number of rotatable bonds is 3. The highest BCUT2D eigenvalue weighted by atomic mass is 31.1. The van der Waals surface area contributed by atoms with E-state index in [-0.39, 0.29) is 12.1 Å². The Labute approximate surface area is 60.8 Å². The van der Waals surface area contributed by atoms with Gasteiger partial charge in [0.05, 0.1) is 5.54 Å². The van der Waals surface area contributed by atoms with Crippen molar-refractivity contribution in [1.82, 2.24) is 0 Å². The Hall–Kier alpha value is -0.240. The molecule has 3 nitrogen and oxygen atoms in total. The lowest BCUT2D eigenvalue weighted by molar-refractivity contribution is 0.494. The van der Waals surface area contributed by atoms with Crippen molar-refractivity contribution in [3.05, 3.63) is 12.7 Å². The molecule has 1 rings (SSSR count). The molecule has 0 aromatic carbocycles. The van der Waals surface area contributed by atoms with Crippen LogP contribution in [0.1, 0.15) is 6.42 Å². The fourth-order valence-electron chi connectivity index (χ4n) is 1.10.